The Bertz CT molecular complexity index is 1010. The molecule has 1 aliphatic heterocycles. The van der Waals surface area contributed by atoms with Crippen LogP contribution >= 0.6 is 0 Å². The molecule has 1 atom stereocenters. The van der Waals surface area contributed by atoms with E-state index in [-0.39, 0.29) is 11.3 Å². The Balaban J connectivity index is 2.02. The zero-order chi connectivity index (χ0) is 23.8. The third-order valence-corrected chi connectivity index (χ3v) is 5.90. The van der Waals surface area contributed by atoms with Gasteiger partial charge in [0.25, 0.3) is 11.7 Å². The second-order valence-corrected chi connectivity index (χ2v) is 7.91. The summed E-state index contributed by atoms with van der Waals surface area (Å²) < 4.78 is 5.67. The van der Waals surface area contributed by atoms with Crippen molar-refractivity contribution < 1.29 is 19.4 Å². The van der Waals surface area contributed by atoms with Crippen molar-refractivity contribution in [3.05, 3.63) is 84.0 Å². The van der Waals surface area contributed by atoms with E-state index in [2.05, 4.69) is 25.3 Å². The Morgan fingerprint density at radius 2 is 1.85 bits per heavy atom. The van der Waals surface area contributed by atoms with Gasteiger partial charge in [-0.1, -0.05) is 69.0 Å². The average molecular weight is 449 g/mol. The second-order valence-electron chi connectivity index (χ2n) is 7.91. The van der Waals surface area contributed by atoms with E-state index >= 15 is 0 Å². The molecule has 0 bridgehead atoms. The molecule has 33 heavy (non-hydrogen) atoms. The van der Waals surface area contributed by atoms with Gasteiger partial charge in [0.05, 0.1) is 11.6 Å². The molecule has 2 aromatic carbocycles. The molecule has 0 radical (unpaired) electrons. The number of nitrogens with zero attached hydrogens (tertiary/aromatic N) is 2. The maximum Gasteiger partial charge on any atom is 0.295 e. The first-order valence-corrected chi connectivity index (χ1v) is 11.4. The minimum absolute atomic E-state index is 0.106. The smallest absolute Gasteiger partial charge is 0.295 e. The Kier molecular flexibility index (Phi) is 8.44. The fraction of sp³-hybridized carbons (Fsp3) is 0.333. The van der Waals surface area contributed by atoms with Crippen molar-refractivity contribution >= 4 is 17.4 Å². The number of likely N-dealkylation sites (tertiary alicyclic amines) is 1. The van der Waals surface area contributed by atoms with Gasteiger partial charge in [-0.05, 0) is 43.8 Å². The quantitative estimate of drug-likeness (QED) is 0.239. The molecule has 6 heteroatoms. The molecule has 1 heterocycles. The molecular formula is C27H32N2O4. The molecule has 0 unspecified atom stereocenters. The number of aliphatic hydroxyl groups is 1. The summed E-state index contributed by atoms with van der Waals surface area (Å²) in [5.74, 6) is -0.806. The molecule has 1 aliphatic rings. The van der Waals surface area contributed by atoms with Gasteiger partial charge in [-0.25, -0.2) is 0 Å². The van der Waals surface area contributed by atoms with Crippen molar-refractivity contribution in [3.8, 4) is 5.75 Å². The van der Waals surface area contributed by atoms with Gasteiger partial charge in [-0.15, -0.1) is 0 Å². The van der Waals surface area contributed by atoms with Crippen LogP contribution in [0.3, 0.4) is 0 Å². The molecule has 0 saturated carbocycles. The summed E-state index contributed by atoms with van der Waals surface area (Å²) in [4.78, 5) is 30.0. The first kappa shape index (κ1) is 24.3. The summed E-state index contributed by atoms with van der Waals surface area (Å²) in [6, 6.07) is 15.5. The van der Waals surface area contributed by atoms with E-state index < -0.39 is 17.7 Å². The van der Waals surface area contributed by atoms with Crippen LogP contribution < -0.4 is 4.74 Å². The van der Waals surface area contributed by atoms with Gasteiger partial charge in [0.1, 0.15) is 18.1 Å². The van der Waals surface area contributed by atoms with E-state index in [1.165, 1.54) is 0 Å². The summed E-state index contributed by atoms with van der Waals surface area (Å²) in [6.07, 6.45) is 2.38. The molecular weight excluding hydrogens is 416 g/mol. The predicted octanol–water partition coefficient (Wildman–Crippen LogP) is 4.41. The third-order valence-electron chi connectivity index (χ3n) is 5.90. The van der Waals surface area contributed by atoms with Gasteiger partial charge in [0, 0.05) is 12.1 Å². The van der Waals surface area contributed by atoms with E-state index in [1.54, 1.807) is 35.2 Å². The summed E-state index contributed by atoms with van der Waals surface area (Å²) in [6.45, 7) is 11.3. The predicted molar refractivity (Wildman–Crippen MR) is 130 cm³/mol. The fourth-order valence-electron chi connectivity index (χ4n) is 4.14. The number of rotatable bonds is 11. The fourth-order valence-corrected chi connectivity index (χ4v) is 4.14. The van der Waals surface area contributed by atoms with Crippen molar-refractivity contribution in [1.29, 1.82) is 0 Å². The van der Waals surface area contributed by atoms with Crippen LogP contribution in [0.25, 0.3) is 5.76 Å². The van der Waals surface area contributed by atoms with Crippen LogP contribution in [0.1, 0.15) is 37.4 Å². The maximum atomic E-state index is 13.1. The van der Waals surface area contributed by atoms with Crippen LogP contribution in [0, 0.1) is 0 Å². The first-order valence-electron chi connectivity index (χ1n) is 11.4. The first-order chi connectivity index (χ1) is 16.0. The molecule has 0 aliphatic carbocycles. The molecule has 6 nitrogen and oxygen atoms in total. The standard InChI is InChI=1S/C27H32N2O4/c1-4-18-33-22-15-10-14-21(19-22)24-23(25(30)20-12-8-7-9-13-20)26(31)27(32)29(24)17-11-16-28(5-2)6-3/h4,7-10,12-15,19,24,30H,1,5-6,11,16-18H2,2-3H3/b25-23+/t24-/m1/s1. The lowest BCUT2D eigenvalue weighted by atomic mass is 9.95. The van der Waals surface area contributed by atoms with Crippen molar-refractivity contribution in [3.63, 3.8) is 0 Å². The minimum atomic E-state index is -0.686. The molecule has 1 saturated heterocycles. The van der Waals surface area contributed by atoms with Gasteiger partial charge in [-0.3, -0.25) is 9.59 Å². The highest BCUT2D eigenvalue weighted by molar-refractivity contribution is 6.46. The third kappa shape index (κ3) is 5.52. The Morgan fingerprint density at radius 1 is 1.12 bits per heavy atom. The summed E-state index contributed by atoms with van der Waals surface area (Å²) in [5, 5.41) is 11.1. The lowest BCUT2D eigenvalue weighted by Gasteiger charge is -2.27. The molecule has 1 N–H and O–H groups in total. The van der Waals surface area contributed by atoms with Gasteiger partial charge in [0.2, 0.25) is 0 Å². The van der Waals surface area contributed by atoms with Crippen LogP contribution in [0.5, 0.6) is 5.75 Å². The van der Waals surface area contributed by atoms with Crippen molar-refractivity contribution in [2.75, 3.05) is 32.8 Å². The number of hydrogen-bond acceptors (Lipinski definition) is 5. The van der Waals surface area contributed by atoms with Gasteiger partial charge in [0.15, 0.2) is 0 Å². The van der Waals surface area contributed by atoms with Crippen molar-refractivity contribution in [1.82, 2.24) is 9.80 Å². The minimum Gasteiger partial charge on any atom is -0.507 e. The van der Waals surface area contributed by atoms with Crippen molar-refractivity contribution in [2.45, 2.75) is 26.3 Å². The van der Waals surface area contributed by atoms with Crippen LogP contribution in [-0.4, -0.2) is 59.4 Å². The van der Waals surface area contributed by atoms with Crippen LogP contribution in [0.15, 0.2) is 72.8 Å². The lowest BCUT2D eigenvalue weighted by Crippen LogP contribution is -2.33. The van der Waals surface area contributed by atoms with Gasteiger partial charge >= 0.3 is 0 Å². The number of aliphatic hydroxyl groups excluding tert-OH is 1. The molecule has 0 spiro atoms. The maximum absolute atomic E-state index is 13.1. The Hall–Kier alpha value is -3.38. The Morgan fingerprint density at radius 3 is 2.52 bits per heavy atom. The van der Waals surface area contributed by atoms with E-state index in [0.717, 1.165) is 31.6 Å². The highest BCUT2D eigenvalue weighted by atomic mass is 16.5. The largest absolute Gasteiger partial charge is 0.507 e. The highest BCUT2D eigenvalue weighted by Crippen LogP contribution is 2.40. The number of carbonyl (C=O) groups excluding carboxylic acids is 2. The van der Waals surface area contributed by atoms with E-state index in [0.29, 0.717) is 24.5 Å². The van der Waals surface area contributed by atoms with Crippen LogP contribution in [-0.2, 0) is 9.59 Å². The SMILES string of the molecule is C=CCOc1cccc([C@@H]2/C(=C(\O)c3ccccc3)C(=O)C(=O)N2CCCN(CC)CC)c1. The van der Waals surface area contributed by atoms with E-state index in [1.807, 2.05) is 30.3 Å². The number of benzene rings is 2. The second kappa shape index (κ2) is 11.5. The normalized spacial score (nSPS) is 17.5. The number of amides is 1. The number of Topliss-reactive ketones (excluding diaryl/α,β-unsaturated/α-hetero) is 1. The van der Waals surface area contributed by atoms with E-state index in [9.17, 15) is 14.7 Å². The zero-order valence-electron chi connectivity index (χ0n) is 19.4. The molecule has 0 aromatic heterocycles. The summed E-state index contributed by atoms with van der Waals surface area (Å²) >= 11 is 0. The monoisotopic (exact) mass is 448 g/mol. The topological polar surface area (TPSA) is 70.1 Å². The number of ketones is 1. The lowest BCUT2D eigenvalue weighted by molar-refractivity contribution is -0.140. The summed E-state index contributed by atoms with van der Waals surface area (Å²) in [5.41, 5.74) is 1.33. The average Bonchev–Trinajstić information content (AvgIpc) is 3.10. The molecule has 1 fully saturated rings. The van der Waals surface area contributed by atoms with E-state index in [4.69, 9.17) is 4.74 Å². The van der Waals surface area contributed by atoms with Gasteiger partial charge in [-0.2, -0.15) is 0 Å². The molecule has 174 valence electrons. The summed E-state index contributed by atoms with van der Waals surface area (Å²) in [7, 11) is 0. The van der Waals surface area contributed by atoms with Crippen LogP contribution in [0.2, 0.25) is 0 Å². The number of ether oxygens (including phenoxy) is 1. The molecule has 3 rings (SSSR count). The molecule has 1 amide bonds. The molecule has 2 aromatic rings. The van der Waals surface area contributed by atoms with Crippen molar-refractivity contribution in [2.24, 2.45) is 0 Å². The number of carbonyl (C=O) groups is 2. The number of hydrogen-bond donors (Lipinski definition) is 1. The zero-order valence-corrected chi connectivity index (χ0v) is 19.4. The highest BCUT2D eigenvalue weighted by Gasteiger charge is 2.45. The Labute approximate surface area is 195 Å². The van der Waals surface area contributed by atoms with Crippen LogP contribution in [0.4, 0.5) is 0 Å². The van der Waals surface area contributed by atoms with Gasteiger partial charge < -0.3 is 19.6 Å².